The first-order valence-electron chi connectivity index (χ1n) is 6.70. The molecule has 3 N–H and O–H groups in total. The highest BCUT2D eigenvalue weighted by molar-refractivity contribution is 8.00. The molecule has 0 aliphatic heterocycles. The van der Waals surface area contributed by atoms with Gasteiger partial charge in [-0.3, -0.25) is 4.79 Å². The zero-order valence-electron chi connectivity index (χ0n) is 12.6. The summed E-state index contributed by atoms with van der Waals surface area (Å²) in [6.07, 6.45) is 0. The van der Waals surface area contributed by atoms with Gasteiger partial charge in [-0.15, -0.1) is 0 Å². The minimum Gasteiger partial charge on any atom is -0.384 e. The maximum absolute atomic E-state index is 12.3. The highest BCUT2D eigenvalue weighted by Crippen LogP contribution is 2.25. The van der Waals surface area contributed by atoms with Crippen LogP contribution < -0.4 is 11.1 Å². The molecule has 22 heavy (non-hydrogen) atoms. The molecule has 2 aromatic rings. The summed E-state index contributed by atoms with van der Waals surface area (Å²) in [5.74, 6) is 0.257. The van der Waals surface area contributed by atoms with Crippen molar-refractivity contribution in [3.63, 3.8) is 0 Å². The maximum Gasteiger partial charge on any atom is 0.237 e. The van der Waals surface area contributed by atoms with E-state index in [1.165, 1.54) is 11.8 Å². The first-order valence-corrected chi connectivity index (χ1v) is 7.96. The molecule has 1 aromatic heterocycles. The van der Waals surface area contributed by atoms with Crippen LogP contribution in [0.1, 0.15) is 18.2 Å². The molecule has 0 saturated carbocycles. The Morgan fingerprint density at radius 1 is 1.36 bits per heavy atom. The number of thioether (sulfide) groups is 1. The molecule has 1 amide bonds. The summed E-state index contributed by atoms with van der Waals surface area (Å²) in [6, 6.07) is 7.09. The van der Waals surface area contributed by atoms with E-state index in [1.54, 1.807) is 25.1 Å². The topological polar surface area (TPSA) is 80.9 Å². The highest BCUT2D eigenvalue weighted by atomic mass is 35.5. The summed E-state index contributed by atoms with van der Waals surface area (Å²) >= 11 is 7.31. The van der Waals surface area contributed by atoms with E-state index >= 15 is 0 Å². The number of benzene rings is 1. The molecule has 0 aliphatic carbocycles. The zero-order chi connectivity index (χ0) is 16.3. The Bertz CT molecular complexity index is 688. The first kappa shape index (κ1) is 16.6. The molecular formula is C15H17ClN4OS. The van der Waals surface area contributed by atoms with Crippen LogP contribution in [0.4, 0.5) is 11.5 Å². The monoisotopic (exact) mass is 336 g/mol. The number of carbonyl (C=O) groups excluding carboxylic acids is 1. The number of nitrogens with one attached hydrogen (secondary N) is 1. The molecule has 2 rings (SSSR count). The van der Waals surface area contributed by atoms with Crippen LogP contribution in [0.25, 0.3) is 0 Å². The average Bonchev–Trinajstić information content (AvgIpc) is 2.42. The normalized spacial score (nSPS) is 12.0. The number of aromatic nitrogens is 2. The molecule has 116 valence electrons. The van der Waals surface area contributed by atoms with E-state index in [1.807, 2.05) is 19.9 Å². The smallest absolute Gasteiger partial charge is 0.237 e. The van der Waals surface area contributed by atoms with E-state index < -0.39 is 0 Å². The molecule has 5 nitrogen and oxygen atoms in total. The van der Waals surface area contributed by atoms with Crippen LogP contribution in [0, 0.1) is 13.8 Å². The Balaban J connectivity index is 2.07. The molecule has 1 unspecified atom stereocenters. The summed E-state index contributed by atoms with van der Waals surface area (Å²) in [7, 11) is 0. The average molecular weight is 337 g/mol. The number of halogens is 1. The summed E-state index contributed by atoms with van der Waals surface area (Å²) in [6.45, 7) is 5.49. The lowest BCUT2D eigenvalue weighted by molar-refractivity contribution is -0.115. The van der Waals surface area contributed by atoms with Crippen molar-refractivity contribution < 1.29 is 4.79 Å². The van der Waals surface area contributed by atoms with Crippen LogP contribution in [-0.4, -0.2) is 21.1 Å². The van der Waals surface area contributed by atoms with Crippen LogP contribution in [0.2, 0.25) is 5.02 Å². The molecule has 0 fully saturated rings. The third kappa shape index (κ3) is 4.11. The van der Waals surface area contributed by atoms with Crippen molar-refractivity contribution in [2.24, 2.45) is 0 Å². The minimum absolute atomic E-state index is 0.140. The van der Waals surface area contributed by atoms with Gasteiger partial charge in [-0.05, 0) is 38.5 Å². The van der Waals surface area contributed by atoms with Crippen LogP contribution in [-0.2, 0) is 4.79 Å². The third-order valence-electron chi connectivity index (χ3n) is 3.03. The van der Waals surface area contributed by atoms with Gasteiger partial charge in [-0.25, -0.2) is 9.97 Å². The summed E-state index contributed by atoms with van der Waals surface area (Å²) in [4.78, 5) is 20.7. The van der Waals surface area contributed by atoms with Crippen molar-refractivity contribution in [1.29, 1.82) is 0 Å². The fraction of sp³-hybridized carbons (Fsp3) is 0.267. The second-order valence-corrected chi connectivity index (χ2v) is 6.59. The third-order valence-corrected chi connectivity index (χ3v) is 4.40. The van der Waals surface area contributed by atoms with E-state index in [-0.39, 0.29) is 11.2 Å². The molecule has 1 atom stereocenters. The van der Waals surface area contributed by atoms with Crippen LogP contribution in [0.5, 0.6) is 0 Å². The number of anilines is 2. The molecular weight excluding hydrogens is 320 g/mol. The molecule has 0 aliphatic rings. The Morgan fingerprint density at radius 3 is 2.77 bits per heavy atom. The van der Waals surface area contributed by atoms with Gasteiger partial charge in [0.1, 0.15) is 5.82 Å². The second-order valence-electron chi connectivity index (χ2n) is 4.88. The van der Waals surface area contributed by atoms with Gasteiger partial charge < -0.3 is 11.1 Å². The number of hydrogen-bond acceptors (Lipinski definition) is 5. The quantitative estimate of drug-likeness (QED) is 0.660. The van der Waals surface area contributed by atoms with E-state index in [9.17, 15) is 4.79 Å². The van der Waals surface area contributed by atoms with Crippen LogP contribution >= 0.6 is 23.4 Å². The van der Waals surface area contributed by atoms with Gasteiger partial charge in [0.25, 0.3) is 0 Å². The van der Waals surface area contributed by atoms with Gasteiger partial charge >= 0.3 is 0 Å². The van der Waals surface area contributed by atoms with Gasteiger partial charge in [-0.1, -0.05) is 29.4 Å². The second kappa shape index (κ2) is 6.98. The van der Waals surface area contributed by atoms with Crippen molar-refractivity contribution in [2.75, 3.05) is 11.1 Å². The summed E-state index contributed by atoms with van der Waals surface area (Å²) in [5.41, 5.74) is 8.01. The molecule has 1 heterocycles. The number of rotatable bonds is 4. The Kier molecular flexibility index (Phi) is 5.26. The minimum atomic E-state index is -0.361. The number of aryl methyl sites for hydroxylation is 1. The SMILES string of the molecule is Cc1cc(N)nc(SC(C)C(=O)Nc2cccc(Cl)c2C)n1. The maximum atomic E-state index is 12.3. The molecule has 0 spiro atoms. The number of hydrogen-bond donors (Lipinski definition) is 2. The number of amides is 1. The summed E-state index contributed by atoms with van der Waals surface area (Å²) < 4.78 is 0. The lowest BCUT2D eigenvalue weighted by Gasteiger charge is -2.13. The van der Waals surface area contributed by atoms with E-state index in [4.69, 9.17) is 17.3 Å². The van der Waals surface area contributed by atoms with E-state index in [2.05, 4.69) is 15.3 Å². The Morgan fingerprint density at radius 2 is 2.09 bits per heavy atom. The predicted octanol–water partition coefficient (Wildman–Crippen LogP) is 3.45. The van der Waals surface area contributed by atoms with E-state index in [0.717, 1.165) is 11.3 Å². The van der Waals surface area contributed by atoms with E-state index in [0.29, 0.717) is 21.7 Å². The number of nitrogen functional groups attached to an aromatic ring is 1. The number of nitrogens with two attached hydrogens (primary N) is 1. The highest BCUT2D eigenvalue weighted by Gasteiger charge is 2.17. The Hall–Kier alpha value is -1.79. The summed E-state index contributed by atoms with van der Waals surface area (Å²) in [5, 5.41) is 3.62. The van der Waals surface area contributed by atoms with Crippen molar-refractivity contribution in [3.8, 4) is 0 Å². The van der Waals surface area contributed by atoms with Gasteiger partial charge in [0, 0.05) is 22.5 Å². The van der Waals surface area contributed by atoms with Crippen molar-refractivity contribution >= 4 is 40.8 Å². The largest absolute Gasteiger partial charge is 0.384 e. The van der Waals surface area contributed by atoms with Crippen LogP contribution in [0.3, 0.4) is 0 Å². The van der Waals surface area contributed by atoms with Crippen molar-refractivity contribution in [3.05, 3.63) is 40.5 Å². The molecule has 1 aromatic carbocycles. The van der Waals surface area contributed by atoms with Crippen LogP contribution in [0.15, 0.2) is 29.4 Å². The van der Waals surface area contributed by atoms with Gasteiger partial charge in [-0.2, -0.15) is 0 Å². The predicted molar refractivity (Wildman–Crippen MR) is 91.3 cm³/mol. The Labute approximate surface area is 138 Å². The molecule has 0 saturated heterocycles. The van der Waals surface area contributed by atoms with Gasteiger partial charge in [0.05, 0.1) is 5.25 Å². The number of carbonyl (C=O) groups is 1. The fourth-order valence-corrected chi connectivity index (χ4v) is 2.82. The molecule has 7 heteroatoms. The van der Waals surface area contributed by atoms with Gasteiger partial charge in [0.2, 0.25) is 5.91 Å². The number of nitrogens with zero attached hydrogens (tertiary/aromatic N) is 2. The lowest BCUT2D eigenvalue weighted by Crippen LogP contribution is -2.23. The molecule has 0 radical (unpaired) electrons. The standard InChI is InChI=1S/C15H17ClN4OS/c1-8-7-13(17)20-15(18-8)22-10(3)14(21)19-12-6-4-5-11(16)9(12)2/h4-7,10H,1-3H3,(H,19,21)(H2,17,18,20). The van der Waals surface area contributed by atoms with Crippen molar-refractivity contribution in [1.82, 2.24) is 9.97 Å². The lowest BCUT2D eigenvalue weighted by atomic mass is 10.2. The zero-order valence-corrected chi connectivity index (χ0v) is 14.1. The first-order chi connectivity index (χ1) is 10.4. The molecule has 0 bridgehead atoms. The van der Waals surface area contributed by atoms with Gasteiger partial charge in [0.15, 0.2) is 5.16 Å². The van der Waals surface area contributed by atoms with Crippen molar-refractivity contribution in [2.45, 2.75) is 31.2 Å². The fourth-order valence-electron chi connectivity index (χ4n) is 1.81.